The second-order valence-corrected chi connectivity index (χ2v) is 34.1. The fourth-order valence-electron chi connectivity index (χ4n) is 13.4. The van der Waals surface area contributed by atoms with Crippen LogP contribution in [0, 0.1) is 29.6 Å². The molecule has 0 amide bonds. The van der Waals surface area contributed by atoms with Crippen LogP contribution in [0.25, 0.3) is 0 Å². The number of rotatable bonds is 24. The first-order valence-electron chi connectivity index (χ1n) is 26.1. The van der Waals surface area contributed by atoms with Gasteiger partial charge in [0.15, 0.2) is 0 Å². The van der Waals surface area contributed by atoms with Gasteiger partial charge in [-0.25, -0.2) is 0 Å². The van der Waals surface area contributed by atoms with Gasteiger partial charge in [-0.05, 0) is 158 Å². The van der Waals surface area contributed by atoms with Crippen molar-refractivity contribution in [2.75, 3.05) is 35.5 Å². The predicted molar refractivity (Wildman–Crippen MR) is 243 cm³/mol. The van der Waals surface area contributed by atoms with E-state index >= 15 is 0 Å². The molecule has 5 aliphatic carbocycles. The van der Waals surface area contributed by atoms with Gasteiger partial charge < -0.3 is 67.3 Å². The van der Waals surface area contributed by atoms with Crippen LogP contribution >= 0.6 is 0 Å². The average Bonchev–Trinajstić information content (AvgIpc) is 4.11. The van der Waals surface area contributed by atoms with E-state index < -0.39 is 41.2 Å². The Morgan fingerprint density at radius 2 is 0.831 bits per heavy atom. The summed E-state index contributed by atoms with van der Waals surface area (Å²) in [5, 5.41) is 0. The lowest BCUT2D eigenvalue weighted by atomic mass is 9.86. The molecule has 6 aliphatic heterocycles. The first-order valence-corrected chi connectivity index (χ1v) is 33.8. The van der Waals surface area contributed by atoms with Gasteiger partial charge in [-0.2, -0.15) is 0 Å². The van der Waals surface area contributed by atoms with E-state index in [9.17, 15) is 0 Å². The third-order valence-corrected chi connectivity index (χ3v) is 32.8. The third kappa shape index (κ3) is 11.0. The molecule has 0 bridgehead atoms. The van der Waals surface area contributed by atoms with Gasteiger partial charge in [-0.15, -0.1) is 0 Å². The molecule has 0 aromatic carbocycles. The van der Waals surface area contributed by atoms with E-state index in [1.807, 2.05) is 0 Å². The highest BCUT2D eigenvalue weighted by atomic mass is 28.5. The van der Waals surface area contributed by atoms with Crippen molar-refractivity contribution in [2.45, 2.75) is 226 Å². The van der Waals surface area contributed by atoms with Crippen molar-refractivity contribution in [1.82, 2.24) is 0 Å². The first kappa shape index (κ1) is 47.6. The molecule has 5 saturated carbocycles. The predicted octanol–water partition coefficient (Wildman–Crippen LogP) is 7.90. The molecule has 11 aliphatic rings. The second kappa shape index (κ2) is 19.4. The highest BCUT2D eigenvalue weighted by Gasteiger charge is 2.69. The number of fused-ring (bicyclic) bond motifs is 5. The SMILES string of the molecule is COC1(CCC2CCC3OC3C2)O[Si](CCC2CCC3OC3C2)(OC)O[Si](CCC2CCC3OC3C2)(O[Si](CCC2CCC3OC3C2)(OC)O[Si](CCC2CCC3OC3C2)(OC)OC)O1. The molecular weight excluding hydrogens is 905 g/mol. The van der Waals surface area contributed by atoms with Gasteiger partial charge in [-0.1, -0.05) is 0 Å². The number of epoxide rings is 5. The van der Waals surface area contributed by atoms with Crippen LogP contribution in [-0.4, -0.2) is 138 Å². The van der Waals surface area contributed by atoms with Gasteiger partial charge in [0.05, 0.1) is 61.0 Å². The van der Waals surface area contributed by atoms with E-state index in [1.165, 1.54) is 0 Å². The Morgan fingerprint density at radius 1 is 0.446 bits per heavy atom. The molecule has 6 heterocycles. The number of methoxy groups -OCH3 is 1. The minimum Gasteiger partial charge on any atom is -0.378 e. The topological polar surface area (TPSA) is 155 Å². The van der Waals surface area contributed by atoms with Crippen LogP contribution in [0.1, 0.15) is 135 Å². The van der Waals surface area contributed by atoms with Gasteiger partial charge >= 0.3 is 35.2 Å². The summed E-state index contributed by atoms with van der Waals surface area (Å²) in [5.74, 6) is 0.996. The molecular formula is C46H80O15Si4. The zero-order chi connectivity index (χ0) is 44.4. The minimum atomic E-state index is -3.93. The largest absolute Gasteiger partial charge is 0.497 e. The van der Waals surface area contributed by atoms with Crippen LogP contribution in [0.5, 0.6) is 0 Å². The molecule has 15 nitrogen and oxygen atoms in total. The molecule has 65 heavy (non-hydrogen) atoms. The van der Waals surface area contributed by atoms with E-state index in [4.69, 9.17) is 67.3 Å². The standard InChI is InChI=1S/C46H80O15Si4/c1-47-46(21-16-31-6-11-36-41(26-31)52-36)57-63(50-4,23-18-33-8-13-38-43(28-33)54-38)60-65(58-46,25-20-35-10-15-40-45(30-35)56-40)61-64(51-5,24-19-34-9-14-39-44(29-34)55-39)59-62(48-2,49-3)22-17-32-7-12-37-42(27-32)53-37/h31-45H,6-30H2,1-5H3. The molecule has 0 N–H and O–H groups in total. The summed E-state index contributed by atoms with van der Waals surface area (Å²) in [6.45, 7) is 0. The molecule has 0 spiro atoms. The lowest BCUT2D eigenvalue weighted by Crippen LogP contribution is -2.74. The quantitative estimate of drug-likeness (QED) is 0.0679. The smallest absolute Gasteiger partial charge is 0.378 e. The maximum atomic E-state index is 7.93. The summed E-state index contributed by atoms with van der Waals surface area (Å²) < 4.78 is 101. The molecule has 0 aromatic heterocycles. The molecule has 11 fully saturated rings. The Labute approximate surface area is 392 Å². The van der Waals surface area contributed by atoms with E-state index in [-0.39, 0.29) is 0 Å². The van der Waals surface area contributed by atoms with Gasteiger partial charge in [0.25, 0.3) is 5.97 Å². The van der Waals surface area contributed by atoms with Crippen LogP contribution in [0.2, 0.25) is 24.2 Å². The van der Waals surface area contributed by atoms with Crippen molar-refractivity contribution >= 4 is 35.2 Å². The van der Waals surface area contributed by atoms with Crippen molar-refractivity contribution in [3.8, 4) is 0 Å². The summed E-state index contributed by atoms with van der Waals surface area (Å²) in [7, 11) is -5.99. The summed E-state index contributed by atoms with van der Waals surface area (Å²) in [6.07, 6.45) is 25.4. The Bertz CT molecular complexity index is 1590. The van der Waals surface area contributed by atoms with Gasteiger partial charge in [-0.3, -0.25) is 0 Å². The van der Waals surface area contributed by atoms with Crippen molar-refractivity contribution in [1.29, 1.82) is 0 Å². The fraction of sp³-hybridized carbons (Fsp3) is 1.00. The van der Waals surface area contributed by atoms with Crippen molar-refractivity contribution in [2.24, 2.45) is 29.6 Å². The van der Waals surface area contributed by atoms with Crippen LogP contribution in [0.15, 0.2) is 0 Å². The molecule has 19 heteroatoms. The van der Waals surface area contributed by atoms with Crippen LogP contribution in [-0.2, 0) is 67.3 Å². The average molecular weight is 985 g/mol. The lowest BCUT2D eigenvalue weighted by Gasteiger charge is -2.53. The fourth-order valence-corrected chi connectivity index (χ4v) is 30.6. The first-order chi connectivity index (χ1) is 31.6. The van der Waals surface area contributed by atoms with Gasteiger partial charge in [0.1, 0.15) is 0 Å². The molecule has 19 atom stereocenters. The normalized spacial score (nSPS) is 47.9. The highest BCUT2D eigenvalue weighted by Crippen LogP contribution is 2.51. The van der Waals surface area contributed by atoms with Gasteiger partial charge in [0, 0.05) is 66.1 Å². The third-order valence-electron chi connectivity index (χ3n) is 18.0. The van der Waals surface area contributed by atoms with Crippen LogP contribution < -0.4 is 0 Å². The van der Waals surface area contributed by atoms with E-state index in [2.05, 4.69) is 0 Å². The molecule has 0 radical (unpaired) electrons. The molecule has 11 rings (SSSR count). The monoisotopic (exact) mass is 984 g/mol. The number of ether oxygens (including phenoxy) is 6. The Balaban J connectivity index is 0.924. The van der Waals surface area contributed by atoms with E-state index in [1.54, 1.807) is 35.5 Å². The maximum Gasteiger partial charge on any atom is 0.497 e. The Hall–Kier alpha value is 0.268. The van der Waals surface area contributed by atoms with Gasteiger partial charge in [0.2, 0.25) is 0 Å². The van der Waals surface area contributed by atoms with Crippen molar-refractivity contribution in [3.63, 3.8) is 0 Å². The summed E-state index contributed by atoms with van der Waals surface area (Å²) >= 11 is 0. The molecule has 19 unspecified atom stereocenters. The summed E-state index contributed by atoms with van der Waals surface area (Å²) in [5.41, 5.74) is 0. The summed E-state index contributed by atoms with van der Waals surface area (Å²) in [4.78, 5) is 0. The maximum absolute atomic E-state index is 7.93. The molecule has 6 saturated heterocycles. The van der Waals surface area contributed by atoms with Crippen LogP contribution in [0.4, 0.5) is 0 Å². The van der Waals surface area contributed by atoms with Crippen molar-refractivity contribution in [3.05, 3.63) is 0 Å². The van der Waals surface area contributed by atoms with E-state index in [0.717, 1.165) is 128 Å². The zero-order valence-electron chi connectivity index (χ0n) is 40.0. The van der Waals surface area contributed by atoms with Crippen LogP contribution in [0.3, 0.4) is 0 Å². The van der Waals surface area contributed by atoms with Crippen molar-refractivity contribution < 1.29 is 67.3 Å². The Morgan fingerprint density at radius 3 is 1.23 bits per heavy atom. The number of hydrogen-bond acceptors (Lipinski definition) is 15. The lowest BCUT2D eigenvalue weighted by molar-refractivity contribution is -0.342. The number of hydrogen-bond donors (Lipinski definition) is 0. The molecule has 0 aromatic rings. The highest BCUT2D eigenvalue weighted by molar-refractivity contribution is 6.84. The zero-order valence-corrected chi connectivity index (χ0v) is 44.0. The second-order valence-electron chi connectivity index (χ2n) is 22.1. The minimum absolute atomic E-state index is 0.350. The molecule has 370 valence electrons. The Kier molecular flexibility index (Phi) is 14.2. The van der Waals surface area contributed by atoms with E-state index in [0.29, 0.717) is 121 Å². The summed E-state index contributed by atoms with van der Waals surface area (Å²) in [6, 6.07) is 2.43.